The van der Waals surface area contributed by atoms with E-state index in [1.807, 2.05) is 13.8 Å². The first-order valence-corrected chi connectivity index (χ1v) is 4.38. The molecule has 0 spiro atoms. The van der Waals surface area contributed by atoms with Gasteiger partial charge >= 0.3 is 0 Å². The lowest BCUT2D eigenvalue weighted by Gasteiger charge is -2.19. The molecule has 0 bridgehead atoms. The molecule has 0 saturated heterocycles. The standard InChI is InChI=1S/C9H20FN/c1-7(2)5-9(6-10)11-8(3)4/h7-9,11H,5-6H2,1-4H3/t9-/m1/s1. The molecule has 0 aromatic carbocycles. The molecule has 0 saturated carbocycles. The van der Waals surface area contributed by atoms with Gasteiger partial charge in [-0.25, -0.2) is 4.39 Å². The predicted molar refractivity (Wildman–Crippen MR) is 47.5 cm³/mol. The Morgan fingerprint density at radius 3 is 2.00 bits per heavy atom. The maximum atomic E-state index is 12.3. The van der Waals surface area contributed by atoms with Crippen LogP contribution in [0.4, 0.5) is 4.39 Å². The molecule has 0 aliphatic carbocycles. The van der Waals surface area contributed by atoms with Crippen LogP contribution in [0, 0.1) is 5.92 Å². The van der Waals surface area contributed by atoms with E-state index in [0.29, 0.717) is 12.0 Å². The zero-order chi connectivity index (χ0) is 8.85. The summed E-state index contributed by atoms with van der Waals surface area (Å²) in [5, 5.41) is 3.19. The first-order chi connectivity index (χ1) is 5.06. The van der Waals surface area contributed by atoms with Crippen LogP contribution in [-0.4, -0.2) is 18.8 Å². The summed E-state index contributed by atoms with van der Waals surface area (Å²) in [5.74, 6) is 0.571. The van der Waals surface area contributed by atoms with Crippen molar-refractivity contribution in [2.45, 2.75) is 46.2 Å². The Kier molecular flexibility index (Phi) is 5.47. The molecular weight excluding hydrogens is 141 g/mol. The Morgan fingerprint density at radius 1 is 1.18 bits per heavy atom. The summed E-state index contributed by atoms with van der Waals surface area (Å²) in [5.41, 5.74) is 0. The van der Waals surface area contributed by atoms with Gasteiger partial charge < -0.3 is 5.32 Å². The van der Waals surface area contributed by atoms with Crippen molar-refractivity contribution in [3.63, 3.8) is 0 Å². The van der Waals surface area contributed by atoms with E-state index in [9.17, 15) is 4.39 Å². The van der Waals surface area contributed by atoms with Crippen LogP contribution in [0.2, 0.25) is 0 Å². The molecule has 0 radical (unpaired) electrons. The largest absolute Gasteiger partial charge is 0.309 e. The average Bonchev–Trinajstić information content (AvgIpc) is 1.84. The molecule has 68 valence electrons. The smallest absolute Gasteiger partial charge is 0.105 e. The quantitative estimate of drug-likeness (QED) is 0.652. The van der Waals surface area contributed by atoms with E-state index in [2.05, 4.69) is 19.2 Å². The van der Waals surface area contributed by atoms with Crippen molar-refractivity contribution in [3.8, 4) is 0 Å². The van der Waals surface area contributed by atoms with Gasteiger partial charge in [0, 0.05) is 12.1 Å². The summed E-state index contributed by atoms with van der Waals surface area (Å²) < 4.78 is 12.3. The van der Waals surface area contributed by atoms with E-state index in [4.69, 9.17) is 0 Å². The fourth-order valence-corrected chi connectivity index (χ4v) is 1.22. The zero-order valence-electron chi connectivity index (χ0n) is 8.02. The molecule has 2 heteroatoms. The highest BCUT2D eigenvalue weighted by Crippen LogP contribution is 2.05. The number of hydrogen-bond donors (Lipinski definition) is 1. The van der Waals surface area contributed by atoms with Crippen LogP contribution in [0.5, 0.6) is 0 Å². The van der Waals surface area contributed by atoms with Crippen LogP contribution in [-0.2, 0) is 0 Å². The minimum Gasteiger partial charge on any atom is -0.309 e. The molecule has 1 N–H and O–H groups in total. The van der Waals surface area contributed by atoms with E-state index in [0.717, 1.165) is 6.42 Å². The third kappa shape index (κ3) is 6.29. The number of nitrogens with one attached hydrogen (secondary N) is 1. The summed E-state index contributed by atoms with van der Waals surface area (Å²) >= 11 is 0. The van der Waals surface area contributed by atoms with Gasteiger partial charge in [-0.3, -0.25) is 0 Å². The fourth-order valence-electron chi connectivity index (χ4n) is 1.22. The number of alkyl halides is 1. The van der Waals surface area contributed by atoms with E-state index >= 15 is 0 Å². The zero-order valence-corrected chi connectivity index (χ0v) is 8.02. The van der Waals surface area contributed by atoms with Crippen molar-refractivity contribution < 1.29 is 4.39 Å². The molecule has 0 amide bonds. The van der Waals surface area contributed by atoms with Gasteiger partial charge in [-0.2, -0.15) is 0 Å². The fraction of sp³-hybridized carbons (Fsp3) is 1.00. The van der Waals surface area contributed by atoms with Crippen molar-refractivity contribution in [1.29, 1.82) is 0 Å². The van der Waals surface area contributed by atoms with Crippen molar-refractivity contribution in [1.82, 2.24) is 5.32 Å². The first-order valence-electron chi connectivity index (χ1n) is 4.38. The van der Waals surface area contributed by atoms with Gasteiger partial charge in [-0.05, 0) is 12.3 Å². The van der Waals surface area contributed by atoms with Crippen LogP contribution in [0.1, 0.15) is 34.1 Å². The minimum absolute atomic E-state index is 0.0509. The summed E-state index contributed by atoms with van der Waals surface area (Å²) in [7, 11) is 0. The van der Waals surface area contributed by atoms with Gasteiger partial charge in [-0.1, -0.05) is 27.7 Å². The van der Waals surface area contributed by atoms with Crippen molar-refractivity contribution >= 4 is 0 Å². The molecule has 0 unspecified atom stereocenters. The highest BCUT2D eigenvalue weighted by Gasteiger charge is 2.10. The van der Waals surface area contributed by atoms with E-state index in [-0.39, 0.29) is 12.7 Å². The third-order valence-electron chi connectivity index (χ3n) is 1.51. The maximum Gasteiger partial charge on any atom is 0.105 e. The van der Waals surface area contributed by atoms with Gasteiger partial charge in [0.25, 0.3) is 0 Å². The van der Waals surface area contributed by atoms with Gasteiger partial charge in [-0.15, -0.1) is 0 Å². The first kappa shape index (κ1) is 10.9. The van der Waals surface area contributed by atoms with E-state index < -0.39 is 0 Å². The molecule has 1 atom stereocenters. The lowest BCUT2D eigenvalue weighted by atomic mass is 10.0. The van der Waals surface area contributed by atoms with Crippen molar-refractivity contribution in [2.75, 3.05) is 6.67 Å². The summed E-state index contributed by atoms with van der Waals surface area (Å²) in [4.78, 5) is 0. The Hall–Kier alpha value is -0.110. The second-order valence-corrected chi connectivity index (χ2v) is 3.80. The monoisotopic (exact) mass is 161 g/mol. The molecule has 0 aliphatic rings. The lowest BCUT2D eigenvalue weighted by molar-refractivity contribution is 0.314. The molecule has 0 aromatic rings. The van der Waals surface area contributed by atoms with Crippen LogP contribution in [0.15, 0.2) is 0 Å². The third-order valence-corrected chi connectivity index (χ3v) is 1.51. The number of hydrogen-bond acceptors (Lipinski definition) is 1. The van der Waals surface area contributed by atoms with E-state index in [1.54, 1.807) is 0 Å². The topological polar surface area (TPSA) is 12.0 Å². The molecule has 11 heavy (non-hydrogen) atoms. The van der Waals surface area contributed by atoms with Crippen molar-refractivity contribution in [3.05, 3.63) is 0 Å². The van der Waals surface area contributed by atoms with Crippen LogP contribution in [0.25, 0.3) is 0 Å². The van der Waals surface area contributed by atoms with Gasteiger partial charge in [0.15, 0.2) is 0 Å². The second kappa shape index (κ2) is 5.53. The lowest BCUT2D eigenvalue weighted by Crippen LogP contribution is -2.37. The van der Waals surface area contributed by atoms with Crippen molar-refractivity contribution in [2.24, 2.45) is 5.92 Å². The van der Waals surface area contributed by atoms with Gasteiger partial charge in [0.05, 0.1) is 0 Å². The minimum atomic E-state index is -0.254. The van der Waals surface area contributed by atoms with Crippen LogP contribution >= 0.6 is 0 Å². The summed E-state index contributed by atoms with van der Waals surface area (Å²) in [6.45, 7) is 8.07. The predicted octanol–water partition coefficient (Wildman–Crippen LogP) is 2.37. The molecule has 0 fully saturated rings. The van der Waals surface area contributed by atoms with Crippen LogP contribution < -0.4 is 5.32 Å². The molecule has 0 aliphatic heterocycles. The highest BCUT2D eigenvalue weighted by molar-refractivity contribution is 4.69. The molecule has 0 aromatic heterocycles. The molecule has 1 nitrogen and oxygen atoms in total. The highest BCUT2D eigenvalue weighted by atomic mass is 19.1. The average molecular weight is 161 g/mol. The molecule has 0 heterocycles. The second-order valence-electron chi connectivity index (χ2n) is 3.80. The molecule has 0 rings (SSSR count). The van der Waals surface area contributed by atoms with Gasteiger partial charge in [0.1, 0.15) is 6.67 Å². The maximum absolute atomic E-state index is 12.3. The summed E-state index contributed by atoms with van der Waals surface area (Å²) in [6, 6.07) is 0.435. The Bertz CT molecular complexity index is 81.6. The number of rotatable bonds is 5. The Balaban J connectivity index is 3.58. The molecular formula is C9H20FN. The van der Waals surface area contributed by atoms with E-state index in [1.165, 1.54) is 0 Å². The SMILES string of the molecule is CC(C)C[C@H](CF)NC(C)C. The number of halogens is 1. The summed E-state index contributed by atoms with van der Waals surface area (Å²) in [6.07, 6.45) is 0.925. The Morgan fingerprint density at radius 2 is 1.73 bits per heavy atom. The Labute approximate surface area is 69.4 Å². The normalized spacial score (nSPS) is 14.5. The van der Waals surface area contributed by atoms with Crippen LogP contribution in [0.3, 0.4) is 0 Å². The van der Waals surface area contributed by atoms with Gasteiger partial charge in [0.2, 0.25) is 0 Å².